The van der Waals surface area contributed by atoms with Crippen molar-refractivity contribution in [2.75, 3.05) is 36.7 Å². The topological polar surface area (TPSA) is 83.6 Å². The smallest absolute Gasteiger partial charge is 0.257 e. The second-order valence-electron chi connectivity index (χ2n) is 7.89. The van der Waals surface area contributed by atoms with E-state index in [1.165, 1.54) is 11.3 Å². The summed E-state index contributed by atoms with van der Waals surface area (Å²) in [5, 5.41) is 6.40. The average molecular weight is 451 g/mol. The van der Waals surface area contributed by atoms with Crippen molar-refractivity contribution < 1.29 is 14.3 Å². The van der Waals surface area contributed by atoms with Gasteiger partial charge in [-0.25, -0.2) is 4.98 Å². The molecular weight excluding hydrogens is 424 g/mol. The normalized spacial score (nSPS) is 14.9. The highest BCUT2D eigenvalue weighted by atomic mass is 32.1. The van der Waals surface area contributed by atoms with Crippen molar-refractivity contribution in [3.63, 3.8) is 0 Å². The largest absolute Gasteiger partial charge is 0.497 e. The van der Waals surface area contributed by atoms with Gasteiger partial charge in [-0.05, 0) is 67.8 Å². The molecule has 0 fully saturated rings. The monoisotopic (exact) mass is 450 g/mol. The van der Waals surface area contributed by atoms with E-state index < -0.39 is 0 Å². The van der Waals surface area contributed by atoms with Crippen LogP contribution in [0.5, 0.6) is 5.75 Å². The zero-order valence-electron chi connectivity index (χ0n) is 18.3. The van der Waals surface area contributed by atoms with Crippen LogP contribution in [-0.2, 0) is 11.2 Å². The number of thiazole rings is 1. The quantitative estimate of drug-likeness (QED) is 0.577. The molecule has 0 bridgehead atoms. The molecule has 2 amide bonds. The first-order chi connectivity index (χ1) is 15.4. The minimum Gasteiger partial charge on any atom is -0.497 e. The molecule has 166 valence electrons. The first-order valence-electron chi connectivity index (χ1n) is 10.5. The van der Waals surface area contributed by atoms with Gasteiger partial charge in [0.1, 0.15) is 5.75 Å². The zero-order valence-corrected chi connectivity index (χ0v) is 19.2. The summed E-state index contributed by atoms with van der Waals surface area (Å²) in [6, 6.07) is 14.6. The second kappa shape index (κ2) is 9.40. The highest BCUT2D eigenvalue weighted by molar-refractivity contribution is 7.16. The number of nitrogens with zero attached hydrogens (tertiary/aromatic N) is 2. The van der Waals surface area contributed by atoms with E-state index in [-0.39, 0.29) is 17.7 Å². The lowest BCUT2D eigenvalue weighted by Gasteiger charge is -2.20. The number of anilines is 3. The first-order valence-corrected chi connectivity index (χ1v) is 11.3. The summed E-state index contributed by atoms with van der Waals surface area (Å²) >= 11 is 1.45. The van der Waals surface area contributed by atoms with Gasteiger partial charge in [-0.1, -0.05) is 0 Å². The molecule has 1 aromatic heterocycles. The van der Waals surface area contributed by atoms with E-state index in [1.807, 2.05) is 43.3 Å². The average Bonchev–Trinajstić information content (AvgIpc) is 3.21. The fraction of sp³-hybridized carbons (Fsp3) is 0.292. The van der Waals surface area contributed by atoms with Crippen LogP contribution in [0.4, 0.5) is 16.5 Å². The van der Waals surface area contributed by atoms with Crippen LogP contribution < -0.4 is 20.3 Å². The Hall–Kier alpha value is -3.39. The van der Waals surface area contributed by atoms with Crippen LogP contribution in [0.1, 0.15) is 39.7 Å². The molecule has 1 heterocycles. The highest BCUT2D eigenvalue weighted by Gasteiger charge is 2.30. The molecule has 1 unspecified atom stereocenters. The van der Waals surface area contributed by atoms with E-state index >= 15 is 0 Å². The first kappa shape index (κ1) is 21.8. The van der Waals surface area contributed by atoms with E-state index in [0.29, 0.717) is 16.4 Å². The van der Waals surface area contributed by atoms with Crippen LogP contribution in [0.25, 0.3) is 0 Å². The number of benzene rings is 2. The molecule has 7 nitrogen and oxygen atoms in total. The van der Waals surface area contributed by atoms with Gasteiger partial charge in [0.15, 0.2) is 5.13 Å². The van der Waals surface area contributed by atoms with E-state index in [0.717, 1.165) is 41.2 Å². The molecule has 0 radical (unpaired) electrons. The van der Waals surface area contributed by atoms with Crippen molar-refractivity contribution in [3.8, 4) is 5.75 Å². The van der Waals surface area contributed by atoms with Gasteiger partial charge in [0.2, 0.25) is 5.91 Å². The number of hydrogen-bond donors (Lipinski definition) is 2. The number of rotatable bonds is 6. The number of hydrogen-bond acceptors (Lipinski definition) is 6. The Labute approximate surface area is 191 Å². The van der Waals surface area contributed by atoms with E-state index in [9.17, 15) is 9.59 Å². The van der Waals surface area contributed by atoms with Gasteiger partial charge in [-0.3, -0.25) is 14.9 Å². The summed E-state index contributed by atoms with van der Waals surface area (Å²) < 4.78 is 5.13. The number of fused-ring (bicyclic) bond motifs is 1. The number of aromatic nitrogens is 1. The SMILES string of the molecule is COc1ccc(C(=O)Nc2nc3c(s2)CCCC3C(=O)Nc2ccc(N(C)C)cc2)cc1. The molecule has 2 aromatic carbocycles. The second-order valence-corrected chi connectivity index (χ2v) is 8.97. The molecule has 2 N–H and O–H groups in total. The van der Waals surface area contributed by atoms with Crippen LogP contribution in [0.2, 0.25) is 0 Å². The summed E-state index contributed by atoms with van der Waals surface area (Å²) in [6.45, 7) is 0. The Morgan fingerprint density at radius 2 is 1.78 bits per heavy atom. The van der Waals surface area contributed by atoms with Crippen LogP contribution in [0.3, 0.4) is 0 Å². The van der Waals surface area contributed by atoms with Gasteiger partial charge in [-0.15, -0.1) is 11.3 Å². The third-order valence-electron chi connectivity index (χ3n) is 5.49. The minimum absolute atomic E-state index is 0.0677. The van der Waals surface area contributed by atoms with Crippen LogP contribution >= 0.6 is 11.3 Å². The fourth-order valence-electron chi connectivity index (χ4n) is 3.71. The zero-order chi connectivity index (χ0) is 22.7. The lowest BCUT2D eigenvalue weighted by Crippen LogP contribution is -2.24. The Morgan fingerprint density at radius 3 is 2.44 bits per heavy atom. The summed E-state index contributed by atoms with van der Waals surface area (Å²) in [7, 11) is 5.54. The molecule has 4 rings (SSSR count). The lowest BCUT2D eigenvalue weighted by atomic mass is 9.90. The Kier molecular flexibility index (Phi) is 6.41. The van der Waals surface area contributed by atoms with Gasteiger partial charge in [0.05, 0.1) is 18.7 Å². The minimum atomic E-state index is -0.324. The third-order valence-corrected chi connectivity index (χ3v) is 6.54. The van der Waals surface area contributed by atoms with Crippen LogP contribution in [-0.4, -0.2) is 38.0 Å². The van der Waals surface area contributed by atoms with Crippen molar-refractivity contribution >= 4 is 39.7 Å². The lowest BCUT2D eigenvalue weighted by molar-refractivity contribution is -0.117. The van der Waals surface area contributed by atoms with Crippen molar-refractivity contribution in [2.24, 2.45) is 0 Å². The molecule has 8 heteroatoms. The number of nitrogens with one attached hydrogen (secondary N) is 2. The van der Waals surface area contributed by atoms with Gasteiger partial charge in [-0.2, -0.15) is 0 Å². The molecule has 3 aromatic rings. The number of aryl methyl sites for hydroxylation is 1. The van der Waals surface area contributed by atoms with Gasteiger partial charge in [0, 0.05) is 35.9 Å². The number of amides is 2. The summed E-state index contributed by atoms with van der Waals surface area (Å²) in [5.74, 6) is 0.0641. The molecule has 0 aliphatic heterocycles. The van der Waals surface area contributed by atoms with Crippen molar-refractivity contribution in [1.29, 1.82) is 0 Å². The summed E-state index contributed by atoms with van der Waals surface area (Å²) in [5.41, 5.74) is 3.12. The van der Waals surface area contributed by atoms with E-state index in [1.54, 1.807) is 31.4 Å². The Bertz CT molecular complexity index is 1110. The maximum atomic E-state index is 13.0. The van der Waals surface area contributed by atoms with E-state index in [2.05, 4.69) is 15.6 Å². The Balaban J connectivity index is 1.46. The molecule has 1 aliphatic rings. The molecule has 1 aliphatic carbocycles. The number of carbonyl (C=O) groups excluding carboxylic acids is 2. The molecular formula is C24H26N4O3S. The molecule has 32 heavy (non-hydrogen) atoms. The predicted molar refractivity (Wildman–Crippen MR) is 128 cm³/mol. The summed E-state index contributed by atoms with van der Waals surface area (Å²) in [4.78, 5) is 33.3. The molecule has 0 spiro atoms. The van der Waals surface area contributed by atoms with Gasteiger partial charge in [0.25, 0.3) is 5.91 Å². The standard InChI is InChI=1S/C24H26N4O3S/c1-28(2)17-11-9-16(10-12-17)25-23(30)19-5-4-6-20-21(19)26-24(32-20)27-22(29)15-7-13-18(31-3)14-8-15/h7-14,19H,4-6H2,1-3H3,(H,25,30)(H,26,27,29). The fourth-order valence-corrected chi connectivity index (χ4v) is 4.77. The third kappa shape index (κ3) is 4.75. The Morgan fingerprint density at radius 1 is 1.06 bits per heavy atom. The summed E-state index contributed by atoms with van der Waals surface area (Å²) in [6.07, 6.45) is 2.52. The van der Waals surface area contributed by atoms with Crippen molar-refractivity contribution in [2.45, 2.75) is 25.2 Å². The number of ether oxygens (including phenoxy) is 1. The number of carbonyl (C=O) groups is 2. The van der Waals surface area contributed by atoms with Crippen molar-refractivity contribution in [3.05, 3.63) is 64.7 Å². The van der Waals surface area contributed by atoms with Gasteiger partial charge >= 0.3 is 0 Å². The molecule has 0 saturated carbocycles. The molecule has 0 saturated heterocycles. The molecule has 1 atom stereocenters. The van der Waals surface area contributed by atoms with Crippen LogP contribution in [0.15, 0.2) is 48.5 Å². The van der Waals surface area contributed by atoms with Crippen molar-refractivity contribution in [1.82, 2.24) is 4.98 Å². The maximum Gasteiger partial charge on any atom is 0.257 e. The predicted octanol–water partition coefficient (Wildman–Crippen LogP) is 4.53. The number of methoxy groups -OCH3 is 1. The highest BCUT2D eigenvalue weighted by Crippen LogP contribution is 2.37. The van der Waals surface area contributed by atoms with Crippen LogP contribution in [0, 0.1) is 0 Å². The van der Waals surface area contributed by atoms with E-state index in [4.69, 9.17) is 4.74 Å². The maximum absolute atomic E-state index is 13.0. The van der Waals surface area contributed by atoms with Gasteiger partial charge < -0.3 is 15.0 Å².